The molecule has 6 atom stereocenters. The summed E-state index contributed by atoms with van der Waals surface area (Å²) in [6.07, 6.45) is 25.4. The van der Waals surface area contributed by atoms with Crippen molar-refractivity contribution < 1.29 is 9.47 Å². The predicted molar refractivity (Wildman–Crippen MR) is 367 cm³/mol. The maximum atomic E-state index is 6.15. The molecule has 3 aliphatic heterocycles. The summed E-state index contributed by atoms with van der Waals surface area (Å²) in [5.74, 6) is 0.543. The Kier molecular flexibility index (Phi) is 15.8. The normalized spacial score (nSPS) is 19.5. The number of anilines is 1. The molecule has 1 aromatic carbocycles. The van der Waals surface area contributed by atoms with E-state index < -0.39 is 0 Å². The lowest BCUT2D eigenvalue weighted by Gasteiger charge is -2.34. The number of benzene rings is 1. The number of hydrogen-bond acceptors (Lipinski definition) is 25. The highest BCUT2D eigenvalue weighted by molar-refractivity contribution is 7.30. The van der Waals surface area contributed by atoms with Gasteiger partial charge < -0.3 is 49.8 Å². The third-order valence-corrected chi connectivity index (χ3v) is 22.9. The molecule has 3 saturated heterocycles. The van der Waals surface area contributed by atoms with Gasteiger partial charge in [0.1, 0.15) is 38.6 Å². The number of aryl methyl sites for hydroxylation is 1. The first-order valence-corrected chi connectivity index (χ1v) is 35.3. The quantitative estimate of drug-likeness (QED) is 0.0598. The largest absolute Gasteiger partial charge is 0.467 e. The number of aromatic amines is 4. The maximum absolute atomic E-state index is 6.15. The van der Waals surface area contributed by atoms with Crippen molar-refractivity contribution in [2.45, 2.75) is 95.7 Å². The standard InChI is InChI=1S/C21H22N8S2.C21H20N6OS2.C19H19N9OS2/c1-12-9-13(3-5-23-12)28(2)21-27-20-19(31-21)26-18(30-20)17-16-14(4-6-24-16)15(10-25-17)29-8-7-22-11-29;1-11-8-13(4-6-22-11)28-21-27-20-19(30-21)26-18(29-20)16-3-2-14(12-9-24-25-10-12)15-5-7-23-17(15)16;1-9-7-10(3-5-20-9)29-19-24-18-17(31-19)23-16(30-18)14-13-11(4-6-21-13)12(8-22-14)15-25-27-28(2)26-15/h4,6-8,10-13,23-24H,3,5,9H2,1-2H3;2-3,5,7,9-11,13,22-23H,4,6,8H2,1H3,(H,24,25);4,6,8-10,20-21H,3,5,7H2,1-2H3/t12-,13?;11-,13+;9-,10?/m010/s1. The van der Waals surface area contributed by atoms with E-state index in [0.717, 1.165) is 185 Å². The molecular weight excluding hydrogens is 1280 g/mol. The molecule has 0 aliphatic carbocycles. The summed E-state index contributed by atoms with van der Waals surface area (Å²) in [5, 5.41) is 38.1. The summed E-state index contributed by atoms with van der Waals surface area (Å²) < 4.78 is 14.2. The molecule has 3 fully saturated rings. The van der Waals surface area contributed by atoms with E-state index in [0.29, 0.717) is 35.2 Å². The minimum absolute atomic E-state index is 0.207. The second-order valence-corrected chi connectivity index (χ2v) is 29.0. The topological polar surface area (TPSA) is 298 Å². The number of thiazole rings is 6. The molecule has 15 aromatic rings. The van der Waals surface area contributed by atoms with E-state index in [9.17, 15) is 0 Å². The van der Waals surface area contributed by atoms with Crippen LogP contribution in [0.2, 0.25) is 0 Å². The Bertz CT molecular complexity index is 4950. The van der Waals surface area contributed by atoms with E-state index in [1.54, 1.807) is 59.8 Å². The van der Waals surface area contributed by atoms with Crippen LogP contribution < -0.4 is 30.3 Å². The average molecular weight is 1340 g/mol. The third kappa shape index (κ3) is 11.6. The number of hydrogen-bond donors (Lipinski definition) is 7. The van der Waals surface area contributed by atoms with Gasteiger partial charge in [0.25, 0.3) is 10.4 Å². The number of tetrazole rings is 1. The van der Waals surface area contributed by atoms with Crippen LogP contribution in [0.25, 0.3) is 122 Å². The highest BCUT2D eigenvalue weighted by atomic mass is 32.1. The van der Waals surface area contributed by atoms with Crippen molar-refractivity contribution in [1.29, 1.82) is 0 Å². The lowest BCUT2D eigenvalue weighted by Crippen LogP contribution is -2.45. The predicted octanol–water partition coefficient (Wildman–Crippen LogP) is 11.9. The summed E-state index contributed by atoms with van der Waals surface area (Å²) >= 11 is 9.44. The number of fused-ring (bicyclic) bond motifs is 6. The minimum atomic E-state index is 0.207. The van der Waals surface area contributed by atoms with Crippen molar-refractivity contribution in [1.82, 2.24) is 111 Å². The van der Waals surface area contributed by atoms with Crippen LogP contribution in [0.1, 0.15) is 59.3 Å². The number of ether oxygens (including phenoxy) is 2. The van der Waals surface area contributed by atoms with Gasteiger partial charge in [-0.1, -0.05) is 74.1 Å². The van der Waals surface area contributed by atoms with Crippen LogP contribution in [-0.2, 0) is 7.05 Å². The van der Waals surface area contributed by atoms with Crippen molar-refractivity contribution in [3.8, 4) is 70.6 Å². The number of nitrogens with one attached hydrogen (secondary N) is 7. The number of pyridine rings is 2. The zero-order valence-corrected chi connectivity index (χ0v) is 55.3. The maximum Gasteiger partial charge on any atom is 0.276 e. The van der Waals surface area contributed by atoms with Crippen molar-refractivity contribution >= 4 is 135 Å². The van der Waals surface area contributed by atoms with E-state index >= 15 is 0 Å². The smallest absolute Gasteiger partial charge is 0.276 e. The van der Waals surface area contributed by atoms with Crippen LogP contribution in [0.15, 0.2) is 92.4 Å². The van der Waals surface area contributed by atoms with E-state index in [-0.39, 0.29) is 12.2 Å². The minimum Gasteiger partial charge on any atom is -0.467 e. The number of piperidine rings is 3. The second-order valence-electron chi connectivity index (χ2n) is 23.3. The van der Waals surface area contributed by atoms with Crippen LogP contribution >= 0.6 is 68.0 Å². The van der Waals surface area contributed by atoms with Crippen molar-refractivity contribution in [2.24, 2.45) is 7.05 Å². The summed E-state index contributed by atoms with van der Waals surface area (Å²) in [5.41, 5.74) is 9.74. The lowest BCUT2D eigenvalue weighted by molar-refractivity contribution is 0.143. The fourth-order valence-electron chi connectivity index (χ4n) is 12.3. The molecule has 17 heterocycles. The molecule has 31 heteroatoms. The van der Waals surface area contributed by atoms with Gasteiger partial charge in [-0.15, -0.1) is 10.2 Å². The Morgan fingerprint density at radius 2 is 1.15 bits per heavy atom. The van der Waals surface area contributed by atoms with Crippen molar-refractivity contribution in [3.63, 3.8) is 0 Å². The Morgan fingerprint density at radius 3 is 1.76 bits per heavy atom. The molecule has 0 spiro atoms. The summed E-state index contributed by atoms with van der Waals surface area (Å²) in [7, 11) is 3.90. The summed E-state index contributed by atoms with van der Waals surface area (Å²) in [4.78, 5) is 61.8. The molecule has 0 radical (unpaired) electrons. The van der Waals surface area contributed by atoms with Gasteiger partial charge >= 0.3 is 0 Å². The van der Waals surface area contributed by atoms with Gasteiger partial charge in [-0.3, -0.25) is 10.1 Å². The first kappa shape index (κ1) is 58.5. The Labute approximate surface area is 548 Å². The Hall–Kier alpha value is -8.53. The molecule has 2 unspecified atom stereocenters. The molecule has 25 nitrogen and oxygen atoms in total. The van der Waals surface area contributed by atoms with Crippen LogP contribution in [-0.4, -0.2) is 158 Å². The monoisotopic (exact) mass is 1340 g/mol. The second kappa shape index (κ2) is 24.8. The van der Waals surface area contributed by atoms with E-state index in [4.69, 9.17) is 39.4 Å². The number of rotatable bonds is 12. The van der Waals surface area contributed by atoms with Crippen LogP contribution in [0.4, 0.5) is 5.13 Å². The van der Waals surface area contributed by atoms with Gasteiger partial charge in [-0.05, 0) is 114 Å². The molecular formula is C61H61N23O2S6. The molecule has 92 heavy (non-hydrogen) atoms. The van der Waals surface area contributed by atoms with Crippen LogP contribution in [0, 0.1) is 0 Å². The molecule has 0 amide bonds. The fourth-order valence-corrected chi connectivity index (χ4v) is 18.3. The van der Waals surface area contributed by atoms with Gasteiger partial charge in [-0.2, -0.15) is 19.9 Å². The van der Waals surface area contributed by atoms with E-state index in [2.05, 4.69) is 128 Å². The summed E-state index contributed by atoms with van der Waals surface area (Å²) in [6, 6.07) is 12.4. The van der Waals surface area contributed by atoms with Gasteiger partial charge in [0.2, 0.25) is 5.82 Å². The molecule has 3 aliphatic rings. The average Bonchev–Trinajstić information content (AvgIpc) is 1.65. The Morgan fingerprint density at radius 1 is 0.576 bits per heavy atom. The van der Waals surface area contributed by atoms with Crippen molar-refractivity contribution in [3.05, 3.63) is 92.4 Å². The first-order chi connectivity index (χ1) is 45.0. The molecule has 0 saturated carbocycles. The first-order valence-electron chi connectivity index (χ1n) is 30.4. The van der Waals surface area contributed by atoms with Crippen molar-refractivity contribution in [2.75, 3.05) is 31.6 Å². The van der Waals surface area contributed by atoms with Gasteiger partial charge in [-0.25, -0.2) is 29.9 Å². The summed E-state index contributed by atoms with van der Waals surface area (Å²) in [6.45, 7) is 9.67. The van der Waals surface area contributed by atoms with Gasteiger partial charge in [0, 0.05) is 102 Å². The van der Waals surface area contributed by atoms with Crippen LogP contribution in [0.5, 0.6) is 10.4 Å². The lowest BCUT2D eigenvalue weighted by atomic mass is 10.00. The molecule has 0 bridgehead atoms. The number of aromatic nitrogens is 19. The van der Waals surface area contributed by atoms with Gasteiger partial charge in [0.15, 0.2) is 34.1 Å². The molecule has 468 valence electrons. The SMILES string of the molecule is C[C@@H]1C[C@@H](Oc2nc3sc(-c4ccc(-c5cn[nH]c5)c5cc[nH]c45)nc3s2)CCN1.C[C@H]1CC(N(C)c2nc3sc(-c4ncc(-n5ccnc5)c5cc[nH]c45)nc3s2)CCN1.C[C@H]1CC(Oc2nc3sc(-c4ncc(-c5nnn(C)n5)c5cc[nH]c45)nc3s2)CCN1. The molecule has 14 aromatic heterocycles. The number of nitrogens with zero attached hydrogens (tertiary/aromatic N) is 16. The zero-order valence-electron chi connectivity index (χ0n) is 50.4. The number of imidazole rings is 1. The molecule has 7 N–H and O–H groups in total. The number of H-pyrrole nitrogens is 4. The molecule has 18 rings (SSSR count). The zero-order chi connectivity index (χ0) is 62.0. The van der Waals surface area contributed by atoms with Gasteiger partial charge in [0.05, 0.1) is 53.6 Å². The highest BCUT2D eigenvalue weighted by Crippen LogP contribution is 2.43. The Balaban J connectivity index is 0.000000110. The van der Waals surface area contributed by atoms with E-state index in [1.165, 1.54) is 38.8 Å². The third-order valence-electron chi connectivity index (χ3n) is 16.9. The van der Waals surface area contributed by atoms with Crippen LogP contribution in [0.3, 0.4) is 0 Å². The fraction of sp³-hybridized carbons (Fsp3) is 0.328. The van der Waals surface area contributed by atoms with E-state index in [1.807, 2.05) is 54.0 Å². The highest BCUT2D eigenvalue weighted by Gasteiger charge is 2.28.